The molecule has 1 fully saturated rings. The topological polar surface area (TPSA) is 96.5 Å². The van der Waals surface area contributed by atoms with Crippen LogP contribution in [0.4, 0.5) is 5.82 Å². The molecule has 3 N–H and O–H groups in total. The highest BCUT2D eigenvalue weighted by Crippen LogP contribution is 2.24. The number of hydrogen-bond acceptors (Lipinski definition) is 5. The van der Waals surface area contributed by atoms with E-state index in [9.17, 15) is 13.5 Å². The molecule has 106 valence electrons. The lowest BCUT2D eigenvalue weighted by Crippen LogP contribution is -2.42. The lowest BCUT2D eigenvalue weighted by atomic mass is 10.1. The normalized spacial score (nSPS) is 22.1. The number of rotatable bonds is 3. The van der Waals surface area contributed by atoms with Crippen molar-refractivity contribution in [1.82, 2.24) is 9.29 Å². The van der Waals surface area contributed by atoms with E-state index in [0.717, 1.165) is 19.3 Å². The molecule has 1 atom stereocenters. The zero-order valence-electron chi connectivity index (χ0n) is 10.7. The smallest absolute Gasteiger partial charge is 0.244 e. The van der Waals surface area contributed by atoms with Crippen LogP contribution in [0, 0.1) is 0 Å². The van der Waals surface area contributed by atoms with Crippen LogP contribution in [0.1, 0.15) is 25.7 Å². The summed E-state index contributed by atoms with van der Waals surface area (Å²) < 4.78 is 26.5. The van der Waals surface area contributed by atoms with Gasteiger partial charge in [-0.1, -0.05) is 12.8 Å². The summed E-state index contributed by atoms with van der Waals surface area (Å²) in [5, 5.41) is 9.40. The van der Waals surface area contributed by atoms with Crippen LogP contribution in [0.2, 0.25) is 0 Å². The molecule has 0 spiro atoms. The maximum atomic E-state index is 12.6. The van der Waals surface area contributed by atoms with Gasteiger partial charge in [-0.25, -0.2) is 13.4 Å². The van der Waals surface area contributed by atoms with Gasteiger partial charge in [-0.15, -0.1) is 0 Å². The van der Waals surface area contributed by atoms with Crippen molar-refractivity contribution < 1.29 is 13.5 Å². The van der Waals surface area contributed by atoms with E-state index in [1.54, 1.807) is 0 Å². The van der Waals surface area contributed by atoms with Crippen molar-refractivity contribution in [2.75, 3.05) is 18.9 Å². The van der Waals surface area contributed by atoms with E-state index in [1.807, 2.05) is 0 Å². The number of aliphatic hydroxyl groups is 1. The van der Waals surface area contributed by atoms with Crippen molar-refractivity contribution in [2.45, 2.75) is 36.6 Å². The third-order valence-corrected chi connectivity index (χ3v) is 5.34. The van der Waals surface area contributed by atoms with Gasteiger partial charge in [0, 0.05) is 18.8 Å². The third-order valence-electron chi connectivity index (χ3n) is 3.40. The molecule has 1 aromatic rings. The van der Waals surface area contributed by atoms with Crippen molar-refractivity contribution in [3.63, 3.8) is 0 Å². The molecule has 1 unspecified atom stereocenters. The van der Waals surface area contributed by atoms with Gasteiger partial charge in [0.05, 0.1) is 6.61 Å². The van der Waals surface area contributed by atoms with Gasteiger partial charge in [-0.05, 0) is 25.0 Å². The van der Waals surface area contributed by atoms with E-state index < -0.39 is 10.0 Å². The molecule has 0 aliphatic carbocycles. The van der Waals surface area contributed by atoms with E-state index in [1.165, 1.54) is 22.6 Å². The molecule has 1 aliphatic rings. The Kier molecular flexibility index (Phi) is 4.38. The van der Waals surface area contributed by atoms with Gasteiger partial charge in [0.2, 0.25) is 10.0 Å². The summed E-state index contributed by atoms with van der Waals surface area (Å²) in [6.45, 7) is 0.291. The van der Waals surface area contributed by atoms with Gasteiger partial charge in [0.15, 0.2) is 0 Å². The Morgan fingerprint density at radius 2 is 2.16 bits per heavy atom. The molecule has 0 aromatic carbocycles. The van der Waals surface area contributed by atoms with Crippen molar-refractivity contribution in [3.05, 3.63) is 18.3 Å². The second-order valence-corrected chi connectivity index (χ2v) is 6.61. The SMILES string of the molecule is Nc1ccc(S(=O)(=O)N2CCCCCC2CO)cn1. The van der Waals surface area contributed by atoms with Gasteiger partial charge >= 0.3 is 0 Å². The van der Waals surface area contributed by atoms with E-state index in [-0.39, 0.29) is 23.4 Å². The number of pyridine rings is 1. The Morgan fingerprint density at radius 3 is 2.79 bits per heavy atom. The Labute approximate surface area is 113 Å². The second kappa shape index (κ2) is 5.85. The molecule has 0 amide bonds. The van der Waals surface area contributed by atoms with Crippen molar-refractivity contribution >= 4 is 15.8 Å². The van der Waals surface area contributed by atoms with Gasteiger partial charge in [0.1, 0.15) is 10.7 Å². The Balaban J connectivity index is 2.33. The first-order valence-electron chi connectivity index (χ1n) is 6.40. The second-order valence-electron chi connectivity index (χ2n) is 4.72. The van der Waals surface area contributed by atoms with Crippen LogP contribution in [0.15, 0.2) is 23.2 Å². The molecule has 2 rings (SSSR count). The first kappa shape index (κ1) is 14.2. The minimum atomic E-state index is -3.61. The molecule has 2 heterocycles. The average molecular weight is 285 g/mol. The first-order valence-corrected chi connectivity index (χ1v) is 7.84. The van der Waals surface area contributed by atoms with Crippen LogP contribution in [-0.2, 0) is 10.0 Å². The fourth-order valence-corrected chi connectivity index (χ4v) is 3.96. The monoisotopic (exact) mass is 285 g/mol. The Morgan fingerprint density at radius 1 is 1.37 bits per heavy atom. The number of hydrogen-bond donors (Lipinski definition) is 2. The quantitative estimate of drug-likeness (QED) is 0.847. The van der Waals surface area contributed by atoms with E-state index >= 15 is 0 Å². The zero-order chi connectivity index (χ0) is 13.9. The van der Waals surface area contributed by atoms with Gasteiger partial charge in [0.25, 0.3) is 0 Å². The standard InChI is InChI=1S/C12H19N3O3S/c13-12-6-5-11(8-14-12)19(17,18)15-7-3-1-2-4-10(15)9-16/h5-6,8,10,16H,1-4,7,9H2,(H2,13,14). The fraction of sp³-hybridized carbons (Fsp3) is 0.583. The van der Waals surface area contributed by atoms with Crippen molar-refractivity contribution in [2.24, 2.45) is 0 Å². The van der Waals surface area contributed by atoms with E-state index in [2.05, 4.69) is 4.98 Å². The maximum absolute atomic E-state index is 12.6. The molecule has 6 nitrogen and oxygen atoms in total. The summed E-state index contributed by atoms with van der Waals surface area (Å²) in [5.74, 6) is 0.286. The van der Waals surface area contributed by atoms with E-state index in [0.29, 0.717) is 13.0 Å². The van der Waals surface area contributed by atoms with Crippen LogP contribution in [0.25, 0.3) is 0 Å². The summed E-state index contributed by atoms with van der Waals surface area (Å²) >= 11 is 0. The Bertz CT molecular complexity index is 516. The predicted octanol–water partition coefficient (Wildman–Crippen LogP) is 0.589. The molecule has 1 aliphatic heterocycles. The lowest BCUT2D eigenvalue weighted by Gasteiger charge is -2.27. The summed E-state index contributed by atoms with van der Waals surface area (Å²) in [5.41, 5.74) is 5.47. The molecule has 0 saturated carbocycles. The number of nitrogen functional groups attached to an aromatic ring is 1. The number of nitrogens with zero attached hydrogens (tertiary/aromatic N) is 2. The zero-order valence-corrected chi connectivity index (χ0v) is 11.5. The van der Waals surface area contributed by atoms with Crippen LogP contribution in [-0.4, -0.2) is 42.0 Å². The van der Waals surface area contributed by atoms with Crippen LogP contribution in [0.5, 0.6) is 0 Å². The molecule has 7 heteroatoms. The van der Waals surface area contributed by atoms with Crippen LogP contribution in [0.3, 0.4) is 0 Å². The number of aromatic nitrogens is 1. The van der Waals surface area contributed by atoms with E-state index in [4.69, 9.17) is 5.73 Å². The summed E-state index contributed by atoms with van der Waals surface area (Å²) in [6, 6.07) is 2.58. The maximum Gasteiger partial charge on any atom is 0.244 e. The van der Waals surface area contributed by atoms with Gasteiger partial charge in [-0.3, -0.25) is 0 Å². The van der Waals surface area contributed by atoms with Crippen LogP contribution >= 0.6 is 0 Å². The molecule has 1 aromatic heterocycles. The first-order chi connectivity index (χ1) is 9.05. The number of nitrogens with two attached hydrogens (primary N) is 1. The van der Waals surface area contributed by atoms with Crippen LogP contribution < -0.4 is 5.73 Å². The van der Waals surface area contributed by atoms with Crippen molar-refractivity contribution in [3.8, 4) is 0 Å². The summed E-state index contributed by atoms with van der Waals surface area (Å²) in [7, 11) is -3.61. The van der Waals surface area contributed by atoms with Crippen molar-refractivity contribution in [1.29, 1.82) is 0 Å². The summed E-state index contributed by atoms with van der Waals surface area (Å²) in [4.78, 5) is 3.95. The minimum absolute atomic E-state index is 0.127. The Hall–Kier alpha value is -1.18. The largest absolute Gasteiger partial charge is 0.395 e. The average Bonchev–Trinajstić information content (AvgIpc) is 2.64. The predicted molar refractivity (Wildman–Crippen MR) is 71.9 cm³/mol. The van der Waals surface area contributed by atoms with Gasteiger partial charge < -0.3 is 10.8 Å². The highest BCUT2D eigenvalue weighted by Gasteiger charge is 2.32. The fourth-order valence-electron chi connectivity index (χ4n) is 2.33. The number of sulfonamides is 1. The molecule has 1 saturated heterocycles. The highest BCUT2D eigenvalue weighted by atomic mass is 32.2. The van der Waals surface area contributed by atoms with Gasteiger partial charge in [-0.2, -0.15) is 4.31 Å². The number of aliphatic hydroxyl groups excluding tert-OH is 1. The molecule has 19 heavy (non-hydrogen) atoms. The summed E-state index contributed by atoms with van der Waals surface area (Å²) in [6.07, 6.45) is 4.71. The lowest BCUT2D eigenvalue weighted by molar-refractivity contribution is 0.186. The molecular formula is C12H19N3O3S. The molecule has 0 radical (unpaired) electrons. The molecular weight excluding hydrogens is 266 g/mol. The minimum Gasteiger partial charge on any atom is -0.395 e. The highest BCUT2D eigenvalue weighted by molar-refractivity contribution is 7.89. The third kappa shape index (κ3) is 3.05. The number of anilines is 1. The molecule has 0 bridgehead atoms.